The number of alkyl halides is 1. The van der Waals surface area contributed by atoms with Crippen molar-refractivity contribution < 1.29 is 27.2 Å². The van der Waals surface area contributed by atoms with Crippen molar-refractivity contribution in [2.45, 2.75) is 49.3 Å². The third kappa shape index (κ3) is 9.21. The largest absolute Gasteiger partial charge is 0.569 e. The van der Waals surface area contributed by atoms with Crippen molar-refractivity contribution >= 4 is 23.6 Å². The first-order valence-electron chi connectivity index (χ1n) is 10.4. The molecule has 2 nitrogen and oxygen atoms in total. The summed E-state index contributed by atoms with van der Waals surface area (Å²) in [5.41, 5.74) is 0.613. The molecule has 1 unspecified atom stereocenters. The van der Waals surface area contributed by atoms with Gasteiger partial charge in [0.25, 0.3) is 0 Å². The average molecular weight is 512 g/mol. The molecule has 0 aliphatic heterocycles. The minimum Gasteiger partial charge on any atom is -0.535 e. The minimum atomic E-state index is -0.852. The van der Waals surface area contributed by atoms with Gasteiger partial charge in [-0.2, -0.15) is 0 Å². The van der Waals surface area contributed by atoms with Crippen LogP contribution in [-0.2, 0) is 0 Å². The molecule has 1 N–H and O–H groups in total. The standard InChI is InChI=1S/C12H12F2.C6H4BF2O2.C6H9Br/c13-10-6-7-11(12(14)8-10)9-4-2-1-3-5-9;8-4-1-2-6(11-7-10)5(9)3-4;7-6-4-2-1-3-5-6/h2,4,6-9H,1,3,5H2;1-3,10H;2,4,6H,1,3,5H2/t9-;;/m1../s1. The Labute approximate surface area is 195 Å². The maximum Gasteiger partial charge on any atom is 0.569 e. The molecule has 32 heavy (non-hydrogen) atoms. The Kier molecular flexibility index (Phi) is 11.6. The molecule has 0 fully saturated rings. The van der Waals surface area contributed by atoms with Gasteiger partial charge in [-0.1, -0.05) is 46.3 Å². The Balaban J connectivity index is 0.000000180. The highest BCUT2D eigenvalue weighted by atomic mass is 79.9. The number of halogens is 5. The van der Waals surface area contributed by atoms with E-state index in [9.17, 15) is 17.6 Å². The van der Waals surface area contributed by atoms with Crippen molar-refractivity contribution in [2.75, 3.05) is 0 Å². The number of hydrogen-bond donors (Lipinski definition) is 1. The fourth-order valence-electron chi connectivity index (χ4n) is 3.27. The molecule has 2 aliphatic rings. The molecule has 0 amide bonds. The Morgan fingerprint density at radius 3 is 1.94 bits per heavy atom. The van der Waals surface area contributed by atoms with Gasteiger partial charge in [-0.3, -0.25) is 0 Å². The summed E-state index contributed by atoms with van der Waals surface area (Å²) in [6.07, 6.45) is 15.6. The summed E-state index contributed by atoms with van der Waals surface area (Å²) in [6.45, 7) is 0. The summed E-state index contributed by atoms with van der Waals surface area (Å²) in [5.74, 6) is -2.56. The molecule has 0 aromatic heterocycles. The highest BCUT2D eigenvalue weighted by Crippen LogP contribution is 2.29. The normalized spacial score (nSPS) is 19.2. The Morgan fingerprint density at radius 1 is 0.844 bits per heavy atom. The highest BCUT2D eigenvalue weighted by molar-refractivity contribution is 9.09. The van der Waals surface area contributed by atoms with Gasteiger partial charge in [0.1, 0.15) is 23.2 Å². The quantitative estimate of drug-likeness (QED) is 0.205. The number of allylic oxidation sites excluding steroid dienone is 4. The third-order valence-electron chi connectivity index (χ3n) is 4.89. The van der Waals surface area contributed by atoms with Crippen molar-refractivity contribution in [3.8, 4) is 5.75 Å². The van der Waals surface area contributed by atoms with Gasteiger partial charge in [0.2, 0.25) is 0 Å². The predicted octanol–water partition coefficient (Wildman–Crippen LogP) is 7.15. The second-order valence-corrected chi connectivity index (χ2v) is 8.48. The van der Waals surface area contributed by atoms with Crippen molar-refractivity contribution in [3.63, 3.8) is 0 Å². The smallest absolute Gasteiger partial charge is 0.535 e. The lowest BCUT2D eigenvalue weighted by Gasteiger charge is -2.17. The topological polar surface area (TPSA) is 29.5 Å². The molecule has 4 rings (SSSR count). The van der Waals surface area contributed by atoms with Gasteiger partial charge >= 0.3 is 7.69 Å². The van der Waals surface area contributed by atoms with E-state index in [1.54, 1.807) is 6.07 Å². The zero-order valence-corrected chi connectivity index (χ0v) is 19.1. The van der Waals surface area contributed by atoms with Crippen LogP contribution in [0.15, 0.2) is 60.7 Å². The summed E-state index contributed by atoms with van der Waals surface area (Å²) in [6, 6.07) is 6.60. The van der Waals surface area contributed by atoms with Gasteiger partial charge in [0.05, 0.1) is 0 Å². The molecule has 8 heteroatoms. The number of rotatable bonds is 3. The van der Waals surface area contributed by atoms with Crippen LogP contribution in [-0.4, -0.2) is 17.5 Å². The monoisotopic (exact) mass is 511 g/mol. The lowest BCUT2D eigenvalue weighted by molar-refractivity contribution is 0.429. The first-order chi connectivity index (χ1) is 15.4. The molecule has 0 spiro atoms. The average Bonchev–Trinajstić information content (AvgIpc) is 2.78. The lowest BCUT2D eigenvalue weighted by atomic mass is 9.89. The van der Waals surface area contributed by atoms with E-state index in [1.165, 1.54) is 25.3 Å². The van der Waals surface area contributed by atoms with Crippen LogP contribution in [0.1, 0.15) is 50.0 Å². The summed E-state index contributed by atoms with van der Waals surface area (Å²) in [5, 5.41) is 8.11. The van der Waals surface area contributed by atoms with Gasteiger partial charge in [-0.15, -0.1) is 0 Å². The molecule has 2 aliphatic carbocycles. The zero-order chi connectivity index (χ0) is 23.3. The molecular weight excluding hydrogens is 487 g/mol. The summed E-state index contributed by atoms with van der Waals surface area (Å²) in [7, 11) is 0.330. The molecular formula is C24H25BBrF4O2. The van der Waals surface area contributed by atoms with Gasteiger partial charge in [0.15, 0.2) is 5.82 Å². The van der Waals surface area contributed by atoms with Crippen LogP contribution in [0.3, 0.4) is 0 Å². The van der Waals surface area contributed by atoms with Crippen molar-refractivity contribution in [2.24, 2.45) is 0 Å². The molecule has 0 bridgehead atoms. The van der Waals surface area contributed by atoms with Crippen LogP contribution in [0.2, 0.25) is 0 Å². The maximum absolute atomic E-state index is 13.4. The van der Waals surface area contributed by atoms with Crippen LogP contribution >= 0.6 is 15.9 Å². The summed E-state index contributed by atoms with van der Waals surface area (Å²) in [4.78, 5) is 0.668. The second-order valence-electron chi connectivity index (χ2n) is 7.30. The molecule has 0 saturated heterocycles. The third-order valence-corrected chi connectivity index (χ3v) is 5.65. The second kappa shape index (κ2) is 14.2. The van der Waals surface area contributed by atoms with Crippen LogP contribution < -0.4 is 4.65 Å². The van der Waals surface area contributed by atoms with Crippen LogP contribution in [0.5, 0.6) is 5.75 Å². The molecule has 2 aromatic carbocycles. The van der Waals surface area contributed by atoms with Crippen molar-refractivity contribution in [1.82, 2.24) is 0 Å². The van der Waals surface area contributed by atoms with Crippen molar-refractivity contribution in [1.29, 1.82) is 0 Å². The van der Waals surface area contributed by atoms with E-state index in [2.05, 4.69) is 38.8 Å². The first kappa shape index (κ1) is 26.2. The van der Waals surface area contributed by atoms with Crippen LogP contribution in [0.25, 0.3) is 0 Å². The van der Waals surface area contributed by atoms with E-state index in [4.69, 9.17) is 5.02 Å². The van der Waals surface area contributed by atoms with E-state index in [0.717, 1.165) is 37.5 Å². The molecule has 0 heterocycles. The van der Waals surface area contributed by atoms with E-state index in [0.29, 0.717) is 24.1 Å². The molecule has 2 atom stereocenters. The summed E-state index contributed by atoms with van der Waals surface area (Å²) < 4.78 is 55.1. The van der Waals surface area contributed by atoms with E-state index in [-0.39, 0.29) is 11.7 Å². The highest BCUT2D eigenvalue weighted by Gasteiger charge is 2.15. The SMILES string of the molecule is BrC1C=CCCC1.Fc1ccc([C@@H]2C=CCCC2)c(F)c1.O[B]Oc1ccc(F)cc1F. The molecule has 2 aromatic rings. The van der Waals surface area contributed by atoms with E-state index >= 15 is 0 Å². The predicted molar refractivity (Wildman–Crippen MR) is 123 cm³/mol. The maximum atomic E-state index is 13.4. The Morgan fingerprint density at radius 2 is 1.47 bits per heavy atom. The van der Waals surface area contributed by atoms with Gasteiger partial charge in [-0.25, -0.2) is 17.6 Å². The Bertz CT molecular complexity index is 908. The van der Waals surface area contributed by atoms with Gasteiger partial charge in [-0.05, 0) is 62.3 Å². The fourth-order valence-corrected chi connectivity index (χ4v) is 3.81. The van der Waals surface area contributed by atoms with Crippen LogP contribution in [0, 0.1) is 23.3 Å². The number of benzene rings is 2. The first-order valence-corrected chi connectivity index (χ1v) is 11.3. The Hall–Kier alpha value is -2.06. The number of hydrogen-bond acceptors (Lipinski definition) is 2. The van der Waals surface area contributed by atoms with Crippen LogP contribution in [0.4, 0.5) is 17.6 Å². The molecule has 0 saturated carbocycles. The molecule has 171 valence electrons. The summed E-state index contributed by atoms with van der Waals surface area (Å²) >= 11 is 3.50. The minimum absolute atomic E-state index is 0.129. The zero-order valence-electron chi connectivity index (χ0n) is 17.5. The molecule has 1 radical (unpaired) electrons. The van der Waals surface area contributed by atoms with E-state index < -0.39 is 23.3 Å². The van der Waals surface area contributed by atoms with Gasteiger partial charge in [0, 0.05) is 22.9 Å². The van der Waals surface area contributed by atoms with Crippen molar-refractivity contribution in [3.05, 3.63) is 89.5 Å². The van der Waals surface area contributed by atoms with E-state index in [1.807, 2.05) is 6.08 Å². The van der Waals surface area contributed by atoms with Gasteiger partial charge < -0.3 is 9.68 Å². The lowest BCUT2D eigenvalue weighted by Crippen LogP contribution is -2.02. The fraction of sp³-hybridized carbons (Fsp3) is 0.333.